The predicted octanol–water partition coefficient (Wildman–Crippen LogP) is 2.85. The molecule has 0 fully saturated rings. The van der Waals surface area contributed by atoms with Crippen molar-refractivity contribution in [3.8, 4) is 0 Å². The van der Waals surface area contributed by atoms with Crippen LogP contribution in [0.2, 0.25) is 0 Å². The Morgan fingerprint density at radius 1 is 1.14 bits per heavy atom. The first kappa shape index (κ1) is 26.8. The van der Waals surface area contributed by atoms with E-state index in [1.807, 2.05) is 42.3 Å². The standard InChI is InChI=1S/C25H26N4O6.ClH/c1-15-25(24(33)34,11-12-29(2)13-16-7-4-3-5-8-16)21(20(23(31)32)19(14-30)26-15)17-9-6-10-18-22(17)28-35-27-18;/h3-10,14-15,21,26H,11-13H2,1-2H3,(H,31,32)(H,33,34);1H. The number of hydrogen-bond acceptors (Lipinski definition) is 8. The zero-order valence-corrected chi connectivity index (χ0v) is 20.6. The van der Waals surface area contributed by atoms with E-state index in [4.69, 9.17) is 4.63 Å². The fourth-order valence-corrected chi connectivity index (χ4v) is 5.06. The molecule has 3 unspecified atom stereocenters. The molecule has 1 aliphatic rings. The number of carboxylic acids is 2. The van der Waals surface area contributed by atoms with Gasteiger partial charge in [-0.15, -0.1) is 12.4 Å². The van der Waals surface area contributed by atoms with Gasteiger partial charge in [-0.1, -0.05) is 42.5 Å². The Hall–Kier alpha value is -3.76. The van der Waals surface area contributed by atoms with Crippen molar-refractivity contribution in [3.05, 3.63) is 70.9 Å². The number of fused-ring (bicyclic) bond motifs is 1. The van der Waals surface area contributed by atoms with Gasteiger partial charge in [-0.3, -0.25) is 9.59 Å². The third-order valence-electron chi connectivity index (χ3n) is 6.82. The van der Waals surface area contributed by atoms with E-state index in [0.29, 0.717) is 30.5 Å². The topological polar surface area (TPSA) is 146 Å². The molecule has 0 radical (unpaired) electrons. The lowest BCUT2D eigenvalue weighted by Gasteiger charge is -2.47. The van der Waals surface area contributed by atoms with E-state index in [0.717, 1.165) is 5.56 Å². The molecular weight excluding hydrogens is 488 g/mol. The van der Waals surface area contributed by atoms with Gasteiger partial charge >= 0.3 is 11.9 Å². The average molecular weight is 515 g/mol. The first-order valence-electron chi connectivity index (χ1n) is 11.2. The van der Waals surface area contributed by atoms with Crippen LogP contribution in [0.25, 0.3) is 11.0 Å². The van der Waals surface area contributed by atoms with Gasteiger partial charge < -0.3 is 20.4 Å². The molecule has 1 aliphatic heterocycles. The van der Waals surface area contributed by atoms with E-state index in [1.54, 1.807) is 25.1 Å². The van der Waals surface area contributed by atoms with Crippen LogP contribution < -0.4 is 5.32 Å². The number of aldehydes is 1. The Kier molecular flexibility index (Phi) is 8.11. The summed E-state index contributed by atoms with van der Waals surface area (Å²) in [7, 11) is 1.88. The first-order chi connectivity index (χ1) is 16.8. The summed E-state index contributed by atoms with van der Waals surface area (Å²) in [5.41, 5.74) is -0.0519. The molecule has 0 bridgehead atoms. The fraction of sp³-hybridized carbons (Fsp3) is 0.320. The van der Waals surface area contributed by atoms with Crippen LogP contribution in [-0.2, 0) is 20.9 Å². The average Bonchev–Trinajstić information content (AvgIpc) is 3.32. The zero-order chi connectivity index (χ0) is 25.2. The maximum atomic E-state index is 13.1. The van der Waals surface area contributed by atoms with Gasteiger partial charge in [-0.05, 0) is 54.4 Å². The first-order valence-corrected chi connectivity index (χ1v) is 11.2. The molecule has 4 rings (SSSR count). The van der Waals surface area contributed by atoms with Gasteiger partial charge in [0.2, 0.25) is 0 Å². The maximum Gasteiger partial charge on any atom is 0.334 e. The molecular formula is C25H27ClN4O6. The van der Waals surface area contributed by atoms with E-state index in [9.17, 15) is 24.6 Å². The lowest BCUT2D eigenvalue weighted by Crippen LogP contribution is -2.58. The number of halogens is 1. The summed E-state index contributed by atoms with van der Waals surface area (Å²) >= 11 is 0. The molecule has 0 saturated carbocycles. The molecule has 0 spiro atoms. The summed E-state index contributed by atoms with van der Waals surface area (Å²) in [5.74, 6) is -3.74. The SMILES string of the molecule is CC1NC(C=O)=C(C(=O)O)C(c2cccc3nonc23)C1(CCN(C)Cc1ccccc1)C(=O)O.Cl. The van der Waals surface area contributed by atoms with E-state index in [-0.39, 0.29) is 35.6 Å². The van der Waals surface area contributed by atoms with Gasteiger partial charge in [-0.25, -0.2) is 9.42 Å². The van der Waals surface area contributed by atoms with Crippen LogP contribution in [0.4, 0.5) is 0 Å². The van der Waals surface area contributed by atoms with Crippen LogP contribution in [0, 0.1) is 5.41 Å². The zero-order valence-electron chi connectivity index (χ0n) is 19.7. The van der Waals surface area contributed by atoms with Crippen LogP contribution >= 0.6 is 12.4 Å². The molecule has 36 heavy (non-hydrogen) atoms. The predicted molar refractivity (Wildman–Crippen MR) is 133 cm³/mol. The molecule has 0 saturated heterocycles. The van der Waals surface area contributed by atoms with Gasteiger partial charge in [0.25, 0.3) is 0 Å². The highest BCUT2D eigenvalue weighted by Crippen LogP contribution is 2.51. The van der Waals surface area contributed by atoms with Crippen LogP contribution in [0.15, 0.2) is 64.4 Å². The summed E-state index contributed by atoms with van der Waals surface area (Å²) in [6, 6.07) is 13.9. The van der Waals surface area contributed by atoms with Crippen molar-refractivity contribution in [3.63, 3.8) is 0 Å². The summed E-state index contributed by atoms with van der Waals surface area (Å²) < 4.78 is 4.86. The fourth-order valence-electron chi connectivity index (χ4n) is 5.06. The summed E-state index contributed by atoms with van der Waals surface area (Å²) in [6.45, 7) is 2.61. The molecule has 3 N–H and O–H groups in total. The monoisotopic (exact) mass is 514 g/mol. The Morgan fingerprint density at radius 3 is 2.50 bits per heavy atom. The summed E-state index contributed by atoms with van der Waals surface area (Å²) in [5, 5.41) is 31.4. The van der Waals surface area contributed by atoms with Crippen LogP contribution in [0.5, 0.6) is 0 Å². The molecule has 3 atom stereocenters. The van der Waals surface area contributed by atoms with E-state index >= 15 is 0 Å². The van der Waals surface area contributed by atoms with E-state index < -0.39 is 29.3 Å². The number of nitrogens with zero attached hydrogens (tertiary/aromatic N) is 3. The molecule has 1 aromatic heterocycles. The second-order valence-corrected chi connectivity index (χ2v) is 8.85. The summed E-state index contributed by atoms with van der Waals surface area (Å²) in [6.07, 6.45) is 0.524. The number of nitrogens with one attached hydrogen (secondary N) is 1. The second-order valence-electron chi connectivity index (χ2n) is 8.85. The highest BCUT2D eigenvalue weighted by atomic mass is 35.5. The minimum absolute atomic E-state index is 0. The molecule has 2 aromatic carbocycles. The lowest BCUT2D eigenvalue weighted by molar-refractivity contribution is -0.154. The third kappa shape index (κ3) is 4.69. The Balaban J connectivity index is 0.00000361. The van der Waals surface area contributed by atoms with Crippen LogP contribution in [0.1, 0.15) is 30.4 Å². The lowest BCUT2D eigenvalue weighted by atomic mass is 9.60. The van der Waals surface area contributed by atoms with Crippen LogP contribution in [-0.4, -0.2) is 63.3 Å². The van der Waals surface area contributed by atoms with Crippen molar-refractivity contribution in [2.75, 3.05) is 13.6 Å². The number of carboxylic acid groups (broad SMARTS) is 2. The van der Waals surface area contributed by atoms with Crippen molar-refractivity contribution in [2.24, 2.45) is 5.41 Å². The Morgan fingerprint density at radius 2 is 1.86 bits per heavy atom. The normalized spacial score (nSPS) is 21.6. The molecule has 0 amide bonds. The van der Waals surface area contributed by atoms with Gasteiger partial charge in [0.15, 0.2) is 6.29 Å². The largest absolute Gasteiger partial charge is 0.481 e. The minimum Gasteiger partial charge on any atom is -0.481 e. The molecule has 0 aliphatic carbocycles. The number of rotatable bonds is 9. The highest BCUT2D eigenvalue weighted by Gasteiger charge is 2.57. The summed E-state index contributed by atoms with van der Waals surface area (Å²) in [4.78, 5) is 39.4. The molecule has 2 heterocycles. The molecule has 11 heteroatoms. The van der Waals surface area contributed by atoms with Crippen molar-refractivity contribution >= 4 is 41.7 Å². The van der Waals surface area contributed by atoms with Gasteiger partial charge in [-0.2, -0.15) is 0 Å². The highest BCUT2D eigenvalue weighted by molar-refractivity contribution is 5.99. The van der Waals surface area contributed by atoms with E-state index in [1.165, 1.54) is 0 Å². The van der Waals surface area contributed by atoms with Gasteiger partial charge in [0, 0.05) is 18.5 Å². The number of carbonyl (C=O) groups is 3. The minimum atomic E-state index is -1.61. The second kappa shape index (κ2) is 10.9. The molecule has 3 aromatic rings. The smallest absolute Gasteiger partial charge is 0.334 e. The van der Waals surface area contributed by atoms with Crippen LogP contribution in [0.3, 0.4) is 0 Å². The third-order valence-corrected chi connectivity index (χ3v) is 6.82. The maximum absolute atomic E-state index is 13.1. The molecule has 10 nitrogen and oxygen atoms in total. The number of aliphatic carboxylic acids is 2. The van der Waals surface area contributed by atoms with Crippen molar-refractivity contribution < 1.29 is 29.2 Å². The van der Waals surface area contributed by atoms with Crippen molar-refractivity contribution in [1.29, 1.82) is 0 Å². The number of hydrogen-bond donors (Lipinski definition) is 3. The quantitative estimate of drug-likeness (QED) is 0.364. The Labute approximate surface area is 213 Å². The number of allylic oxidation sites excluding steroid dienone is 1. The van der Waals surface area contributed by atoms with Crippen molar-refractivity contribution in [1.82, 2.24) is 20.5 Å². The van der Waals surface area contributed by atoms with Crippen molar-refractivity contribution in [2.45, 2.75) is 31.8 Å². The number of aromatic nitrogens is 2. The van der Waals surface area contributed by atoms with E-state index in [2.05, 4.69) is 15.6 Å². The number of benzene rings is 2. The Bertz CT molecular complexity index is 1290. The number of carbonyl (C=O) groups excluding carboxylic acids is 1. The van der Waals surface area contributed by atoms with Gasteiger partial charge in [0.05, 0.1) is 11.3 Å². The van der Waals surface area contributed by atoms with Gasteiger partial charge in [0.1, 0.15) is 16.4 Å². The molecule has 190 valence electrons.